The molecule has 0 saturated carbocycles. The van der Waals surface area contributed by atoms with Crippen molar-refractivity contribution < 1.29 is 13.9 Å². The van der Waals surface area contributed by atoms with Crippen molar-refractivity contribution >= 4 is 23.5 Å². The topological polar surface area (TPSA) is 158 Å². The smallest absolute Gasteiger partial charge is 0.412 e. The molecule has 13 nitrogen and oxygen atoms in total. The van der Waals surface area contributed by atoms with Gasteiger partial charge in [0.1, 0.15) is 23.8 Å². The van der Waals surface area contributed by atoms with Crippen molar-refractivity contribution in [1.29, 1.82) is 0 Å². The minimum atomic E-state index is -0.731. The monoisotopic (exact) mass is 562 g/mol. The lowest BCUT2D eigenvalue weighted by atomic mass is 10.1. The second-order valence-electron chi connectivity index (χ2n) is 9.10. The number of nitrogens with one attached hydrogen (secondary N) is 2. The second kappa shape index (κ2) is 9.96. The van der Waals surface area contributed by atoms with Gasteiger partial charge in [-0.25, -0.2) is 24.1 Å². The summed E-state index contributed by atoms with van der Waals surface area (Å²) >= 11 is 6.09. The molecule has 1 amide bonds. The van der Waals surface area contributed by atoms with Crippen LogP contribution in [0.5, 0.6) is 0 Å². The van der Waals surface area contributed by atoms with E-state index in [9.17, 15) is 9.59 Å². The molecular formula is C25H20ClFN10O3. The summed E-state index contributed by atoms with van der Waals surface area (Å²) in [6, 6.07) is 7.22. The van der Waals surface area contributed by atoms with E-state index < -0.39 is 18.0 Å². The van der Waals surface area contributed by atoms with Crippen LogP contribution in [0.25, 0.3) is 28.2 Å². The third-order valence-electron chi connectivity index (χ3n) is 6.63. The molecule has 0 saturated heterocycles. The number of ether oxygens (including phenoxy) is 1. The maximum absolute atomic E-state index is 15.3. The predicted molar refractivity (Wildman–Crippen MR) is 141 cm³/mol. The Balaban J connectivity index is 1.35. The summed E-state index contributed by atoms with van der Waals surface area (Å²) in [5.74, 6) is 0.535. The summed E-state index contributed by atoms with van der Waals surface area (Å²) in [7, 11) is 1.27. The van der Waals surface area contributed by atoms with Crippen molar-refractivity contribution in [1.82, 2.24) is 44.7 Å². The van der Waals surface area contributed by atoms with Crippen LogP contribution < -0.4 is 10.9 Å². The molecule has 1 aliphatic heterocycles. The Labute approximate surface area is 230 Å². The van der Waals surface area contributed by atoms with Gasteiger partial charge in [-0.2, -0.15) is 4.68 Å². The van der Waals surface area contributed by atoms with Crippen LogP contribution in [0.1, 0.15) is 37.0 Å². The number of hydrogen-bond donors (Lipinski definition) is 2. The van der Waals surface area contributed by atoms with Gasteiger partial charge < -0.3 is 9.72 Å². The van der Waals surface area contributed by atoms with Crippen LogP contribution in [0.2, 0.25) is 5.02 Å². The summed E-state index contributed by atoms with van der Waals surface area (Å²) in [4.78, 5) is 41.6. The average Bonchev–Trinajstić information content (AvgIpc) is 3.72. The maximum Gasteiger partial charge on any atom is 0.412 e. The number of halogens is 2. The standard InChI is InChI=1S/C25H20ClFN10O3/c1-12-7-18(23-29-10-16(31-23)13-3-6-19(28-9-13)33-25(39)40-2)37-20(38)8-15(32-24(12)37)21-17(36-11-30-34-35-36)5-4-14(26)22(21)27/h3-6,8-12,18H,7H2,1-2H3,(H,29,31)(H,28,33,39)/t12-,18-/m1/s1. The lowest BCUT2D eigenvalue weighted by Crippen LogP contribution is -2.25. The van der Waals surface area contributed by atoms with Crippen LogP contribution in [0.3, 0.4) is 0 Å². The van der Waals surface area contributed by atoms with E-state index in [0.29, 0.717) is 35.3 Å². The molecule has 2 atom stereocenters. The van der Waals surface area contributed by atoms with Crippen LogP contribution in [0.4, 0.5) is 15.0 Å². The van der Waals surface area contributed by atoms with Crippen molar-refractivity contribution in [3.8, 4) is 28.2 Å². The Kier molecular flexibility index (Phi) is 6.30. The van der Waals surface area contributed by atoms with E-state index in [1.54, 1.807) is 35.2 Å². The van der Waals surface area contributed by atoms with Gasteiger partial charge in [0.25, 0.3) is 5.56 Å². The number of benzene rings is 1. The van der Waals surface area contributed by atoms with Crippen LogP contribution in [-0.4, -0.2) is 57.9 Å². The molecule has 0 radical (unpaired) electrons. The van der Waals surface area contributed by atoms with Crippen LogP contribution in [0.15, 0.2) is 53.8 Å². The first-order chi connectivity index (χ1) is 19.3. The average molecular weight is 563 g/mol. The number of methoxy groups -OCH3 is 1. The number of pyridine rings is 1. The fourth-order valence-corrected chi connectivity index (χ4v) is 4.92. The molecule has 0 aliphatic carbocycles. The molecule has 5 heterocycles. The molecule has 1 aliphatic rings. The Morgan fingerprint density at radius 1 is 1.23 bits per heavy atom. The van der Waals surface area contributed by atoms with Crippen molar-refractivity contribution in [2.45, 2.75) is 25.3 Å². The zero-order valence-electron chi connectivity index (χ0n) is 21.0. The number of carbonyl (C=O) groups is 1. The highest BCUT2D eigenvalue weighted by molar-refractivity contribution is 6.31. The molecule has 6 rings (SSSR count). The Morgan fingerprint density at radius 3 is 2.80 bits per heavy atom. The van der Waals surface area contributed by atoms with Crippen molar-refractivity contribution in [2.24, 2.45) is 0 Å². The number of carbonyl (C=O) groups excluding carboxylic acids is 1. The molecule has 15 heteroatoms. The predicted octanol–water partition coefficient (Wildman–Crippen LogP) is 3.74. The highest BCUT2D eigenvalue weighted by atomic mass is 35.5. The third kappa shape index (κ3) is 4.37. The Hall–Kier alpha value is -4.98. The van der Waals surface area contributed by atoms with E-state index in [2.05, 4.69) is 40.5 Å². The number of H-pyrrole nitrogens is 1. The SMILES string of the molecule is COC(=O)Nc1ccc(-c2cnc([C@H]3C[C@@H](C)c4nc(-c5c(-n6cnnn6)ccc(Cl)c5F)cc(=O)n43)[nH]2)cn1. The second-order valence-corrected chi connectivity index (χ2v) is 9.51. The molecule has 1 aromatic carbocycles. The lowest BCUT2D eigenvalue weighted by molar-refractivity contribution is 0.187. The van der Waals surface area contributed by atoms with E-state index >= 15 is 4.39 Å². The van der Waals surface area contributed by atoms with Crippen LogP contribution >= 0.6 is 11.6 Å². The van der Waals surface area contributed by atoms with Gasteiger partial charge in [0.05, 0.1) is 47.0 Å². The van der Waals surface area contributed by atoms with Gasteiger partial charge in [-0.1, -0.05) is 18.5 Å². The number of anilines is 1. The number of aromatic nitrogens is 9. The van der Waals surface area contributed by atoms with E-state index in [4.69, 9.17) is 16.6 Å². The van der Waals surface area contributed by atoms with Gasteiger partial charge in [0, 0.05) is 23.7 Å². The van der Waals surface area contributed by atoms with Gasteiger partial charge in [-0.3, -0.25) is 14.7 Å². The number of imidazole rings is 1. The number of hydrogen-bond acceptors (Lipinski definition) is 9. The lowest BCUT2D eigenvalue weighted by Gasteiger charge is -2.15. The largest absolute Gasteiger partial charge is 0.453 e. The molecule has 0 fully saturated rings. The van der Waals surface area contributed by atoms with Crippen molar-refractivity contribution in [3.63, 3.8) is 0 Å². The molecule has 202 valence electrons. The Bertz CT molecular complexity index is 1790. The van der Waals surface area contributed by atoms with Crippen LogP contribution in [-0.2, 0) is 4.74 Å². The summed E-state index contributed by atoms with van der Waals surface area (Å²) in [5.41, 5.74) is 1.48. The number of tetrazole rings is 1. The Morgan fingerprint density at radius 2 is 2.08 bits per heavy atom. The molecule has 2 N–H and O–H groups in total. The van der Waals surface area contributed by atoms with E-state index in [1.165, 1.54) is 30.3 Å². The first-order valence-electron chi connectivity index (χ1n) is 12.1. The molecule has 0 spiro atoms. The fourth-order valence-electron chi connectivity index (χ4n) is 4.76. The molecule has 5 aromatic rings. The highest BCUT2D eigenvalue weighted by Gasteiger charge is 2.34. The zero-order valence-corrected chi connectivity index (χ0v) is 21.8. The summed E-state index contributed by atoms with van der Waals surface area (Å²) in [5, 5.41) is 13.4. The normalized spacial score (nSPS) is 16.1. The van der Waals surface area contributed by atoms with Gasteiger partial charge in [0.15, 0.2) is 5.82 Å². The van der Waals surface area contributed by atoms with Gasteiger partial charge in [-0.15, -0.1) is 5.10 Å². The summed E-state index contributed by atoms with van der Waals surface area (Å²) < 4.78 is 22.7. The first-order valence-corrected chi connectivity index (χ1v) is 12.4. The van der Waals surface area contributed by atoms with E-state index in [0.717, 1.165) is 5.56 Å². The zero-order chi connectivity index (χ0) is 28.0. The molecule has 0 unspecified atom stereocenters. The van der Waals surface area contributed by atoms with Gasteiger partial charge in [-0.05, 0) is 41.1 Å². The van der Waals surface area contributed by atoms with E-state index in [1.807, 2.05) is 6.92 Å². The number of rotatable bonds is 5. The van der Waals surface area contributed by atoms with Crippen LogP contribution in [0, 0.1) is 5.82 Å². The summed E-state index contributed by atoms with van der Waals surface area (Å²) in [6.07, 6.45) is 4.48. The van der Waals surface area contributed by atoms with Crippen molar-refractivity contribution in [2.75, 3.05) is 12.4 Å². The third-order valence-corrected chi connectivity index (χ3v) is 6.93. The van der Waals surface area contributed by atoms with Gasteiger partial charge >= 0.3 is 6.09 Å². The van der Waals surface area contributed by atoms with Gasteiger partial charge in [0.2, 0.25) is 0 Å². The number of fused-ring (bicyclic) bond motifs is 1. The number of nitrogens with zero attached hydrogens (tertiary/aromatic N) is 8. The number of amides is 1. The highest BCUT2D eigenvalue weighted by Crippen LogP contribution is 2.39. The molecular weight excluding hydrogens is 543 g/mol. The summed E-state index contributed by atoms with van der Waals surface area (Å²) in [6.45, 7) is 1.94. The molecule has 40 heavy (non-hydrogen) atoms. The first kappa shape index (κ1) is 25.3. The molecule has 0 bridgehead atoms. The van der Waals surface area contributed by atoms with Crippen molar-refractivity contribution in [3.05, 3.63) is 81.9 Å². The quantitative estimate of drug-likeness (QED) is 0.325. The molecule has 4 aromatic heterocycles. The maximum atomic E-state index is 15.3. The minimum Gasteiger partial charge on any atom is -0.453 e. The van der Waals surface area contributed by atoms with E-state index in [-0.39, 0.29) is 27.8 Å². The number of aromatic amines is 1. The minimum absolute atomic E-state index is 0.0221. The fraction of sp³-hybridized carbons (Fsp3) is 0.200.